The largest absolute Gasteiger partial charge is 0.478 e. The maximum absolute atomic E-state index is 12.3. The predicted octanol–water partition coefficient (Wildman–Crippen LogP) is 3.38. The minimum Gasteiger partial charge on any atom is -0.478 e. The summed E-state index contributed by atoms with van der Waals surface area (Å²) in [7, 11) is -3.82. The number of hydrogen-bond donors (Lipinski definition) is 2. The van der Waals surface area contributed by atoms with Gasteiger partial charge < -0.3 is 5.11 Å². The second-order valence-corrected chi connectivity index (χ2v) is 7.38. The molecule has 0 spiro atoms. The first-order chi connectivity index (χ1) is 10.8. The van der Waals surface area contributed by atoms with Crippen LogP contribution in [-0.2, 0) is 16.4 Å². The van der Waals surface area contributed by atoms with Gasteiger partial charge in [-0.2, -0.15) is 0 Å². The Balaban J connectivity index is 2.38. The summed E-state index contributed by atoms with van der Waals surface area (Å²) in [5.41, 5.74) is 0.872. The topological polar surface area (TPSA) is 83.5 Å². The summed E-state index contributed by atoms with van der Waals surface area (Å²) >= 11 is 0. The fourth-order valence-corrected chi connectivity index (χ4v) is 3.36. The lowest BCUT2D eigenvalue weighted by atomic mass is 10.0. The third kappa shape index (κ3) is 4.32. The predicted molar refractivity (Wildman–Crippen MR) is 89.2 cm³/mol. The summed E-state index contributed by atoms with van der Waals surface area (Å²) in [5.74, 6) is -0.787. The van der Waals surface area contributed by atoms with Crippen molar-refractivity contribution >= 4 is 21.7 Å². The maximum atomic E-state index is 12.3. The molecule has 0 aromatic heterocycles. The highest BCUT2D eigenvalue weighted by molar-refractivity contribution is 7.92. The van der Waals surface area contributed by atoms with Gasteiger partial charge in [0.2, 0.25) is 0 Å². The lowest BCUT2D eigenvalue weighted by Crippen LogP contribution is -2.16. The lowest BCUT2D eigenvalue weighted by Gasteiger charge is -2.13. The fraction of sp³-hybridized carbons (Fsp3) is 0.235. The van der Waals surface area contributed by atoms with Crippen molar-refractivity contribution in [1.29, 1.82) is 0 Å². The Morgan fingerprint density at radius 2 is 1.78 bits per heavy atom. The van der Waals surface area contributed by atoms with Crippen LogP contribution in [0.5, 0.6) is 0 Å². The van der Waals surface area contributed by atoms with Crippen LogP contribution in [0.25, 0.3) is 0 Å². The summed E-state index contributed by atoms with van der Waals surface area (Å²) in [6.45, 7) is 4.07. The van der Waals surface area contributed by atoms with Crippen molar-refractivity contribution in [3.63, 3.8) is 0 Å². The first kappa shape index (κ1) is 17.0. The lowest BCUT2D eigenvalue weighted by molar-refractivity contribution is 0.0698. The molecule has 0 atom stereocenters. The van der Waals surface area contributed by atoms with Gasteiger partial charge in [-0.25, -0.2) is 13.2 Å². The van der Waals surface area contributed by atoms with E-state index >= 15 is 0 Å². The molecule has 2 aromatic rings. The van der Waals surface area contributed by atoms with E-state index in [9.17, 15) is 18.3 Å². The van der Waals surface area contributed by atoms with E-state index in [2.05, 4.69) is 4.72 Å². The number of carboxylic acids is 1. The van der Waals surface area contributed by atoms with Crippen LogP contribution in [-0.4, -0.2) is 19.5 Å². The van der Waals surface area contributed by atoms with E-state index in [4.69, 9.17) is 0 Å². The fourth-order valence-electron chi connectivity index (χ4n) is 2.26. The molecule has 0 aliphatic carbocycles. The molecule has 2 N–H and O–H groups in total. The smallest absolute Gasteiger partial charge is 0.337 e. The van der Waals surface area contributed by atoms with E-state index in [1.165, 1.54) is 24.3 Å². The third-order valence-electron chi connectivity index (χ3n) is 3.26. The molecule has 0 fully saturated rings. The van der Waals surface area contributed by atoms with Crippen LogP contribution in [0.1, 0.15) is 29.8 Å². The highest BCUT2D eigenvalue weighted by Gasteiger charge is 2.18. The second-order valence-electron chi connectivity index (χ2n) is 5.70. The first-order valence-corrected chi connectivity index (χ1v) is 8.72. The summed E-state index contributed by atoms with van der Waals surface area (Å²) in [6, 6.07) is 12.6. The Morgan fingerprint density at radius 1 is 1.13 bits per heavy atom. The van der Waals surface area contributed by atoms with Gasteiger partial charge in [-0.3, -0.25) is 4.72 Å². The highest BCUT2D eigenvalue weighted by Crippen LogP contribution is 2.23. The summed E-state index contributed by atoms with van der Waals surface area (Å²) in [4.78, 5) is 11.5. The quantitative estimate of drug-likeness (QED) is 0.849. The Bertz CT molecular complexity index is 799. The Hall–Kier alpha value is -2.34. The number of carbonyl (C=O) groups is 1. The van der Waals surface area contributed by atoms with Crippen molar-refractivity contribution in [3.05, 3.63) is 59.7 Å². The van der Waals surface area contributed by atoms with Crippen molar-refractivity contribution in [2.24, 2.45) is 5.92 Å². The van der Waals surface area contributed by atoms with Crippen molar-refractivity contribution in [3.8, 4) is 0 Å². The van der Waals surface area contributed by atoms with Crippen molar-refractivity contribution < 1.29 is 18.3 Å². The second kappa shape index (κ2) is 6.83. The Labute approximate surface area is 136 Å². The Kier molecular flexibility index (Phi) is 5.05. The first-order valence-electron chi connectivity index (χ1n) is 7.23. The summed E-state index contributed by atoms with van der Waals surface area (Å²) < 4.78 is 27.0. The molecule has 0 radical (unpaired) electrons. The standard InChI is InChI=1S/C17H19NO4S/c1-12(2)10-13-8-9-16(15(11-13)17(19)20)18-23(21,22)14-6-4-3-5-7-14/h3-9,11-12,18H,10H2,1-2H3,(H,19,20). The molecular formula is C17H19NO4S. The molecule has 2 rings (SSSR count). The van der Waals surface area contributed by atoms with Crippen LogP contribution in [0.3, 0.4) is 0 Å². The molecule has 0 saturated heterocycles. The van der Waals surface area contributed by atoms with Gasteiger partial charge >= 0.3 is 5.97 Å². The minimum absolute atomic E-state index is 0.0531. The normalized spacial score (nSPS) is 11.4. The number of rotatable bonds is 6. The molecule has 0 aliphatic rings. The van der Waals surface area contributed by atoms with Crippen LogP contribution in [0, 0.1) is 5.92 Å². The van der Waals surface area contributed by atoms with Gasteiger partial charge in [0.25, 0.3) is 10.0 Å². The average molecular weight is 333 g/mol. The summed E-state index contributed by atoms with van der Waals surface area (Å²) in [6.07, 6.45) is 0.728. The van der Waals surface area contributed by atoms with E-state index in [0.717, 1.165) is 12.0 Å². The third-order valence-corrected chi connectivity index (χ3v) is 4.64. The van der Waals surface area contributed by atoms with Gasteiger partial charge in [-0.15, -0.1) is 0 Å². The van der Waals surface area contributed by atoms with Crippen LogP contribution in [0.15, 0.2) is 53.4 Å². The molecule has 0 unspecified atom stereocenters. The van der Waals surface area contributed by atoms with E-state index in [1.807, 2.05) is 13.8 Å². The van der Waals surface area contributed by atoms with Crippen LogP contribution >= 0.6 is 0 Å². The van der Waals surface area contributed by atoms with Crippen LogP contribution in [0.4, 0.5) is 5.69 Å². The van der Waals surface area contributed by atoms with Crippen molar-refractivity contribution in [1.82, 2.24) is 0 Å². The van der Waals surface area contributed by atoms with E-state index in [1.54, 1.807) is 24.3 Å². The van der Waals surface area contributed by atoms with Crippen molar-refractivity contribution in [2.45, 2.75) is 25.2 Å². The van der Waals surface area contributed by atoms with E-state index < -0.39 is 16.0 Å². The molecule has 122 valence electrons. The van der Waals surface area contributed by atoms with E-state index in [-0.39, 0.29) is 16.1 Å². The van der Waals surface area contributed by atoms with Gasteiger partial charge in [0, 0.05) is 0 Å². The molecule has 0 bridgehead atoms. The van der Waals surface area contributed by atoms with Crippen LogP contribution < -0.4 is 4.72 Å². The molecule has 6 heteroatoms. The number of sulfonamides is 1. The van der Waals surface area contributed by atoms with Gasteiger partial charge in [-0.1, -0.05) is 38.1 Å². The number of hydrogen-bond acceptors (Lipinski definition) is 3. The molecule has 0 aliphatic heterocycles. The van der Waals surface area contributed by atoms with Gasteiger partial charge in [-0.05, 0) is 42.2 Å². The average Bonchev–Trinajstić information content (AvgIpc) is 2.48. The molecular weight excluding hydrogens is 314 g/mol. The zero-order valence-corrected chi connectivity index (χ0v) is 13.8. The maximum Gasteiger partial charge on any atom is 0.337 e. The number of benzene rings is 2. The highest BCUT2D eigenvalue weighted by atomic mass is 32.2. The zero-order valence-electron chi connectivity index (χ0n) is 13.0. The van der Waals surface area contributed by atoms with Gasteiger partial charge in [0.15, 0.2) is 0 Å². The zero-order chi connectivity index (χ0) is 17.0. The molecule has 2 aromatic carbocycles. The SMILES string of the molecule is CC(C)Cc1ccc(NS(=O)(=O)c2ccccc2)c(C(=O)O)c1. The summed E-state index contributed by atoms with van der Waals surface area (Å²) in [5, 5.41) is 9.36. The number of anilines is 1. The van der Waals surface area contributed by atoms with Gasteiger partial charge in [0.05, 0.1) is 16.1 Å². The number of carboxylic acid groups (broad SMARTS) is 1. The van der Waals surface area contributed by atoms with E-state index in [0.29, 0.717) is 5.92 Å². The molecule has 0 saturated carbocycles. The molecule has 0 heterocycles. The Morgan fingerprint density at radius 3 is 2.35 bits per heavy atom. The number of aromatic carboxylic acids is 1. The minimum atomic E-state index is -3.82. The van der Waals surface area contributed by atoms with Crippen molar-refractivity contribution in [2.75, 3.05) is 4.72 Å². The molecule has 23 heavy (non-hydrogen) atoms. The number of nitrogens with one attached hydrogen (secondary N) is 1. The molecule has 0 amide bonds. The monoisotopic (exact) mass is 333 g/mol. The van der Waals surface area contributed by atoms with Gasteiger partial charge in [0.1, 0.15) is 0 Å². The van der Waals surface area contributed by atoms with Crippen LogP contribution in [0.2, 0.25) is 0 Å². The molecule has 5 nitrogen and oxygen atoms in total.